The van der Waals surface area contributed by atoms with Crippen LogP contribution in [0.4, 0.5) is 0 Å². The van der Waals surface area contributed by atoms with E-state index in [1.54, 1.807) is 0 Å². The lowest BCUT2D eigenvalue weighted by atomic mass is 10.1. The summed E-state index contributed by atoms with van der Waals surface area (Å²) in [6, 6.07) is 5.36. The summed E-state index contributed by atoms with van der Waals surface area (Å²) in [4.78, 5) is 3.71. The van der Waals surface area contributed by atoms with Crippen molar-refractivity contribution < 1.29 is 0 Å². The van der Waals surface area contributed by atoms with Crippen molar-refractivity contribution >= 4 is 11.3 Å². The van der Waals surface area contributed by atoms with Crippen molar-refractivity contribution in [2.24, 2.45) is 0 Å². The van der Waals surface area contributed by atoms with Gasteiger partial charge in [-0.05, 0) is 45.3 Å². The Labute approximate surface area is 109 Å². The average molecular weight is 252 g/mol. The third kappa shape index (κ3) is 5.02. The van der Waals surface area contributed by atoms with E-state index in [-0.39, 0.29) is 0 Å². The van der Waals surface area contributed by atoms with Gasteiger partial charge in [0.15, 0.2) is 0 Å². The highest BCUT2D eigenvalue weighted by molar-refractivity contribution is 7.10. The summed E-state index contributed by atoms with van der Waals surface area (Å²) < 4.78 is 0. The van der Waals surface area contributed by atoms with Crippen molar-refractivity contribution in [3.8, 4) is 0 Å². The van der Waals surface area contributed by atoms with Crippen molar-refractivity contribution in [2.45, 2.75) is 31.8 Å². The summed E-state index contributed by atoms with van der Waals surface area (Å²) in [6.07, 6.45) is 4.23. The van der Waals surface area contributed by atoms with Crippen LogP contribution >= 0.6 is 11.3 Å². The minimum atomic E-state index is 0.473. The largest absolute Gasteiger partial charge is 0.312 e. The van der Waals surface area contributed by atoms with E-state index >= 15 is 0 Å². The number of rotatable bonds is 8. The van der Waals surface area contributed by atoms with E-state index in [0.29, 0.717) is 12.1 Å². The molecule has 17 heavy (non-hydrogen) atoms. The molecule has 3 heteroatoms. The Morgan fingerprint density at radius 3 is 2.82 bits per heavy atom. The molecule has 0 aromatic carbocycles. The van der Waals surface area contributed by atoms with E-state index in [1.165, 1.54) is 4.88 Å². The smallest absolute Gasteiger partial charge is 0.0561 e. The van der Waals surface area contributed by atoms with Gasteiger partial charge in [-0.3, -0.25) is 0 Å². The Balaban J connectivity index is 2.43. The highest BCUT2D eigenvalue weighted by atomic mass is 32.1. The van der Waals surface area contributed by atoms with E-state index in [1.807, 2.05) is 17.4 Å². The summed E-state index contributed by atoms with van der Waals surface area (Å²) in [5.41, 5.74) is 0. The predicted molar refractivity (Wildman–Crippen MR) is 77.6 cm³/mol. The molecule has 2 atom stereocenters. The maximum atomic E-state index is 3.76. The molecule has 0 radical (unpaired) electrons. The van der Waals surface area contributed by atoms with E-state index in [0.717, 1.165) is 19.4 Å². The van der Waals surface area contributed by atoms with Gasteiger partial charge in [0.25, 0.3) is 0 Å². The van der Waals surface area contributed by atoms with Gasteiger partial charge < -0.3 is 10.2 Å². The molecule has 0 spiro atoms. The van der Waals surface area contributed by atoms with Gasteiger partial charge in [0, 0.05) is 17.5 Å². The van der Waals surface area contributed by atoms with Crippen LogP contribution in [0.3, 0.4) is 0 Å². The molecule has 0 amide bonds. The highest BCUT2D eigenvalue weighted by Crippen LogP contribution is 2.22. The first-order chi connectivity index (χ1) is 8.15. The molecule has 0 aliphatic rings. The third-order valence-electron chi connectivity index (χ3n) is 2.96. The van der Waals surface area contributed by atoms with Crippen LogP contribution in [0.25, 0.3) is 0 Å². The summed E-state index contributed by atoms with van der Waals surface area (Å²) in [5.74, 6) is 0. The summed E-state index contributed by atoms with van der Waals surface area (Å²) in [6.45, 7) is 7.01. The SMILES string of the molecule is C=CCCC(C)NCC(c1cccs1)N(C)C. The number of thiophene rings is 1. The lowest BCUT2D eigenvalue weighted by Gasteiger charge is -2.25. The Kier molecular flexibility index (Phi) is 6.48. The van der Waals surface area contributed by atoms with E-state index in [2.05, 4.69) is 55.3 Å². The molecule has 2 nitrogen and oxygen atoms in total. The van der Waals surface area contributed by atoms with E-state index in [4.69, 9.17) is 0 Å². The Morgan fingerprint density at radius 2 is 2.29 bits per heavy atom. The van der Waals surface area contributed by atoms with Crippen molar-refractivity contribution in [3.05, 3.63) is 35.0 Å². The van der Waals surface area contributed by atoms with Crippen LogP contribution in [-0.4, -0.2) is 31.6 Å². The van der Waals surface area contributed by atoms with Crippen LogP contribution in [0.15, 0.2) is 30.2 Å². The fraction of sp³-hybridized carbons (Fsp3) is 0.571. The number of likely N-dealkylation sites (N-methyl/N-ethyl adjacent to an activating group) is 1. The highest BCUT2D eigenvalue weighted by Gasteiger charge is 2.15. The van der Waals surface area contributed by atoms with Crippen LogP contribution in [0.5, 0.6) is 0 Å². The molecule has 1 heterocycles. The predicted octanol–water partition coefficient (Wildman–Crippen LogP) is 3.30. The first kappa shape index (κ1) is 14.4. The molecule has 0 saturated heterocycles. The lowest BCUT2D eigenvalue weighted by molar-refractivity contribution is 0.283. The first-order valence-electron chi connectivity index (χ1n) is 6.19. The maximum absolute atomic E-state index is 3.76. The molecule has 1 aromatic heterocycles. The normalized spacial score (nSPS) is 14.8. The zero-order valence-electron chi connectivity index (χ0n) is 11.1. The minimum Gasteiger partial charge on any atom is -0.312 e. The number of nitrogens with zero attached hydrogens (tertiary/aromatic N) is 1. The van der Waals surface area contributed by atoms with E-state index in [9.17, 15) is 0 Å². The molecule has 0 bridgehead atoms. The molecule has 0 aliphatic carbocycles. The van der Waals surface area contributed by atoms with Crippen LogP contribution in [0.1, 0.15) is 30.7 Å². The van der Waals surface area contributed by atoms with Crippen LogP contribution in [0.2, 0.25) is 0 Å². The second kappa shape index (κ2) is 7.64. The molecule has 1 N–H and O–H groups in total. The van der Waals surface area contributed by atoms with Crippen molar-refractivity contribution in [1.29, 1.82) is 0 Å². The van der Waals surface area contributed by atoms with Gasteiger partial charge in [-0.15, -0.1) is 17.9 Å². The average Bonchev–Trinajstić information content (AvgIpc) is 2.79. The molecule has 0 fully saturated rings. The van der Waals surface area contributed by atoms with E-state index < -0.39 is 0 Å². The van der Waals surface area contributed by atoms with Gasteiger partial charge in [0.05, 0.1) is 6.04 Å². The molecule has 1 aromatic rings. The summed E-state index contributed by atoms with van der Waals surface area (Å²) in [5, 5.41) is 5.75. The number of hydrogen-bond donors (Lipinski definition) is 1. The molecule has 0 saturated carbocycles. The number of nitrogens with one attached hydrogen (secondary N) is 1. The zero-order valence-corrected chi connectivity index (χ0v) is 12.0. The molecular formula is C14H24N2S. The Bertz CT molecular complexity index is 306. The third-order valence-corrected chi connectivity index (χ3v) is 3.93. The van der Waals surface area contributed by atoms with Crippen molar-refractivity contribution in [1.82, 2.24) is 10.2 Å². The van der Waals surface area contributed by atoms with Crippen LogP contribution in [0, 0.1) is 0 Å². The fourth-order valence-corrected chi connectivity index (χ4v) is 2.72. The second-order valence-corrected chi connectivity index (χ2v) is 5.65. The van der Waals surface area contributed by atoms with Gasteiger partial charge in [-0.2, -0.15) is 0 Å². The number of allylic oxidation sites excluding steroid dienone is 1. The minimum absolute atomic E-state index is 0.473. The van der Waals surface area contributed by atoms with Gasteiger partial charge in [-0.1, -0.05) is 12.1 Å². The quantitative estimate of drug-likeness (QED) is 0.714. The fourth-order valence-electron chi connectivity index (χ4n) is 1.80. The number of hydrogen-bond acceptors (Lipinski definition) is 3. The van der Waals surface area contributed by atoms with Crippen LogP contribution in [-0.2, 0) is 0 Å². The van der Waals surface area contributed by atoms with Crippen molar-refractivity contribution in [2.75, 3.05) is 20.6 Å². The summed E-state index contributed by atoms with van der Waals surface area (Å²) in [7, 11) is 4.28. The zero-order chi connectivity index (χ0) is 12.7. The maximum Gasteiger partial charge on any atom is 0.0561 e. The van der Waals surface area contributed by atoms with Gasteiger partial charge in [0.2, 0.25) is 0 Å². The molecule has 1 rings (SSSR count). The molecule has 0 aliphatic heterocycles. The van der Waals surface area contributed by atoms with Gasteiger partial charge >= 0.3 is 0 Å². The topological polar surface area (TPSA) is 15.3 Å². The summed E-state index contributed by atoms with van der Waals surface area (Å²) >= 11 is 1.83. The Hall–Kier alpha value is -0.640. The standard InChI is InChI=1S/C14H24N2S/c1-5-6-8-12(2)15-11-13(16(3)4)14-9-7-10-17-14/h5,7,9-10,12-13,15H,1,6,8,11H2,2-4H3. The van der Waals surface area contributed by atoms with Crippen molar-refractivity contribution in [3.63, 3.8) is 0 Å². The lowest BCUT2D eigenvalue weighted by Crippen LogP contribution is -2.35. The first-order valence-corrected chi connectivity index (χ1v) is 7.07. The molecule has 2 unspecified atom stereocenters. The van der Waals surface area contributed by atoms with Gasteiger partial charge in [-0.25, -0.2) is 0 Å². The monoisotopic (exact) mass is 252 g/mol. The molecular weight excluding hydrogens is 228 g/mol. The van der Waals surface area contributed by atoms with Crippen LogP contribution < -0.4 is 5.32 Å². The Morgan fingerprint density at radius 1 is 1.53 bits per heavy atom. The van der Waals surface area contributed by atoms with Gasteiger partial charge in [0.1, 0.15) is 0 Å². The molecule has 96 valence electrons. The second-order valence-electron chi connectivity index (χ2n) is 4.67.